The highest BCUT2D eigenvalue weighted by molar-refractivity contribution is 6.46. The molecule has 3 aromatic rings. The molecule has 36 heavy (non-hydrogen) atoms. The molecule has 0 bridgehead atoms. The molecular weight excluding hydrogens is 454 g/mol. The Morgan fingerprint density at radius 1 is 0.972 bits per heavy atom. The Kier molecular flexibility index (Phi) is 7.15. The summed E-state index contributed by atoms with van der Waals surface area (Å²) in [5, 5.41) is 11.4. The molecule has 1 amide bonds. The van der Waals surface area contributed by atoms with Crippen LogP contribution in [0.25, 0.3) is 5.76 Å². The molecule has 1 fully saturated rings. The topological polar surface area (TPSA) is 76.1 Å². The number of para-hydroxylation sites is 1. The van der Waals surface area contributed by atoms with Crippen LogP contribution < -0.4 is 9.47 Å². The van der Waals surface area contributed by atoms with Gasteiger partial charge in [-0.1, -0.05) is 56.3 Å². The second-order valence-corrected chi connectivity index (χ2v) is 9.24. The Morgan fingerprint density at radius 3 is 2.28 bits per heavy atom. The Bertz CT molecular complexity index is 1320. The molecule has 0 aliphatic carbocycles. The molecule has 0 radical (unpaired) electrons. The molecule has 0 saturated carbocycles. The summed E-state index contributed by atoms with van der Waals surface area (Å²) in [6.45, 7) is 6.20. The number of benzene rings is 3. The van der Waals surface area contributed by atoms with Gasteiger partial charge in [-0.05, 0) is 53.8 Å². The largest absolute Gasteiger partial charge is 0.507 e. The standard InChI is InChI=1S/C30H31NO5/c1-18(2)20-10-12-21(13-11-20)27-26(28(32)24-15-14-23(35-4)16-19(24)3)29(33)30(34)31(27)17-22-8-6-7-9-25(22)36-5/h6-16,18,27,32H,17H2,1-5H3/b28-26-. The van der Waals surface area contributed by atoms with Crippen LogP contribution in [-0.2, 0) is 16.1 Å². The number of nitrogens with zero attached hydrogens (tertiary/aromatic N) is 1. The van der Waals surface area contributed by atoms with Crippen LogP contribution in [0.3, 0.4) is 0 Å². The van der Waals surface area contributed by atoms with Crippen molar-refractivity contribution in [3.05, 3.63) is 100 Å². The molecule has 0 spiro atoms. The number of hydrogen-bond acceptors (Lipinski definition) is 5. The number of likely N-dealkylation sites (tertiary alicyclic amines) is 1. The van der Waals surface area contributed by atoms with E-state index in [9.17, 15) is 14.7 Å². The zero-order chi connectivity index (χ0) is 26.0. The molecule has 1 aliphatic heterocycles. The SMILES string of the molecule is COc1ccc(/C(O)=C2/C(=O)C(=O)N(Cc3ccccc3OC)C2c2ccc(C(C)C)cc2)c(C)c1. The first-order valence-corrected chi connectivity index (χ1v) is 11.9. The van der Waals surface area contributed by atoms with E-state index in [0.717, 1.165) is 22.3 Å². The van der Waals surface area contributed by atoms with E-state index in [1.807, 2.05) is 55.5 Å². The smallest absolute Gasteiger partial charge is 0.295 e. The van der Waals surface area contributed by atoms with Crippen LogP contribution >= 0.6 is 0 Å². The Morgan fingerprint density at radius 2 is 1.67 bits per heavy atom. The Balaban J connectivity index is 1.88. The maximum Gasteiger partial charge on any atom is 0.295 e. The molecule has 1 atom stereocenters. The zero-order valence-electron chi connectivity index (χ0n) is 21.2. The maximum atomic E-state index is 13.4. The molecule has 1 heterocycles. The van der Waals surface area contributed by atoms with Gasteiger partial charge >= 0.3 is 0 Å². The number of ketones is 1. The van der Waals surface area contributed by atoms with Crippen molar-refractivity contribution in [3.63, 3.8) is 0 Å². The minimum atomic E-state index is -0.752. The average molecular weight is 486 g/mol. The van der Waals surface area contributed by atoms with E-state index in [1.165, 1.54) is 4.90 Å². The Labute approximate surface area is 211 Å². The van der Waals surface area contributed by atoms with Crippen LogP contribution in [0.2, 0.25) is 0 Å². The van der Waals surface area contributed by atoms with Gasteiger partial charge in [0, 0.05) is 11.1 Å². The third-order valence-corrected chi connectivity index (χ3v) is 6.68. The highest BCUT2D eigenvalue weighted by Gasteiger charge is 2.46. The fourth-order valence-electron chi connectivity index (χ4n) is 4.64. The number of hydrogen-bond donors (Lipinski definition) is 1. The number of carbonyl (C=O) groups is 2. The lowest BCUT2D eigenvalue weighted by Crippen LogP contribution is -2.29. The number of aryl methyl sites for hydroxylation is 1. The van der Waals surface area contributed by atoms with Gasteiger partial charge in [-0.15, -0.1) is 0 Å². The quantitative estimate of drug-likeness (QED) is 0.262. The molecule has 6 nitrogen and oxygen atoms in total. The van der Waals surface area contributed by atoms with E-state index in [4.69, 9.17) is 9.47 Å². The number of carbonyl (C=O) groups excluding carboxylic acids is 2. The summed E-state index contributed by atoms with van der Waals surface area (Å²) in [6, 6.07) is 19.7. The lowest BCUT2D eigenvalue weighted by atomic mass is 9.92. The number of amides is 1. The number of rotatable bonds is 7. The van der Waals surface area contributed by atoms with Crippen molar-refractivity contribution in [2.24, 2.45) is 0 Å². The summed E-state index contributed by atoms with van der Waals surface area (Å²) in [7, 11) is 3.14. The van der Waals surface area contributed by atoms with E-state index < -0.39 is 17.7 Å². The van der Waals surface area contributed by atoms with Crippen molar-refractivity contribution in [1.29, 1.82) is 0 Å². The maximum absolute atomic E-state index is 13.4. The van der Waals surface area contributed by atoms with E-state index in [2.05, 4.69) is 13.8 Å². The fraction of sp³-hybridized carbons (Fsp3) is 0.267. The van der Waals surface area contributed by atoms with Gasteiger partial charge < -0.3 is 19.5 Å². The normalized spacial score (nSPS) is 17.1. The average Bonchev–Trinajstić information content (AvgIpc) is 3.13. The van der Waals surface area contributed by atoms with Gasteiger partial charge in [0.2, 0.25) is 0 Å². The number of aliphatic hydroxyl groups excluding tert-OH is 1. The van der Waals surface area contributed by atoms with Crippen molar-refractivity contribution in [2.45, 2.75) is 39.3 Å². The number of Topliss-reactive ketones (excluding diaryl/α,β-unsaturated/α-hetero) is 1. The van der Waals surface area contributed by atoms with Crippen molar-refractivity contribution >= 4 is 17.4 Å². The predicted molar refractivity (Wildman–Crippen MR) is 139 cm³/mol. The molecular formula is C30H31NO5. The molecule has 1 saturated heterocycles. The van der Waals surface area contributed by atoms with Crippen molar-refractivity contribution in [3.8, 4) is 11.5 Å². The first-order valence-electron chi connectivity index (χ1n) is 11.9. The van der Waals surface area contributed by atoms with E-state index in [1.54, 1.807) is 32.4 Å². The van der Waals surface area contributed by atoms with Crippen LogP contribution in [0.5, 0.6) is 11.5 Å². The molecule has 0 aromatic heterocycles. The molecule has 1 aliphatic rings. The molecule has 1 N–H and O–H groups in total. The molecule has 186 valence electrons. The van der Waals surface area contributed by atoms with Crippen LogP contribution in [-0.4, -0.2) is 35.9 Å². The third kappa shape index (κ3) is 4.59. The van der Waals surface area contributed by atoms with E-state index in [-0.39, 0.29) is 17.9 Å². The van der Waals surface area contributed by atoms with E-state index >= 15 is 0 Å². The van der Waals surface area contributed by atoms with Gasteiger partial charge in [0.25, 0.3) is 11.7 Å². The second kappa shape index (κ2) is 10.3. The number of methoxy groups -OCH3 is 2. The van der Waals surface area contributed by atoms with Crippen molar-refractivity contribution in [1.82, 2.24) is 4.90 Å². The van der Waals surface area contributed by atoms with Crippen LogP contribution in [0.15, 0.2) is 72.3 Å². The highest BCUT2D eigenvalue weighted by atomic mass is 16.5. The molecule has 1 unspecified atom stereocenters. The monoisotopic (exact) mass is 485 g/mol. The Hall–Kier alpha value is -4.06. The van der Waals surface area contributed by atoms with Gasteiger partial charge in [0.1, 0.15) is 17.3 Å². The summed E-state index contributed by atoms with van der Waals surface area (Å²) in [5.74, 6) is 0.0258. The molecule has 4 rings (SSSR count). The number of ether oxygens (including phenoxy) is 2. The summed E-state index contributed by atoms with van der Waals surface area (Å²) in [4.78, 5) is 28.3. The lowest BCUT2D eigenvalue weighted by molar-refractivity contribution is -0.140. The van der Waals surface area contributed by atoms with Crippen LogP contribution in [0, 0.1) is 6.92 Å². The third-order valence-electron chi connectivity index (χ3n) is 6.68. The lowest BCUT2D eigenvalue weighted by Gasteiger charge is -2.26. The van der Waals surface area contributed by atoms with Gasteiger partial charge in [-0.2, -0.15) is 0 Å². The van der Waals surface area contributed by atoms with Gasteiger partial charge in [0.05, 0.1) is 32.4 Å². The van der Waals surface area contributed by atoms with E-state index in [0.29, 0.717) is 23.0 Å². The number of aliphatic hydroxyl groups is 1. The molecule has 3 aromatic carbocycles. The minimum Gasteiger partial charge on any atom is -0.507 e. The summed E-state index contributed by atoms with van der Waals surface area (Å²) < 4.78 is 10.8. The first kappa shape index (κ1) is 25.0. The fourth-order valence-corrected chi connectivity index (χ4v) is 4.64. The van der Waals surface area contributed by atoms with Crippen LogP contribution in [0.1, 0.15) is 53.6 Å². The van der Waals surface area contributed by atoms with Gasteiger partial charge in [0.15, 0.2) is 0 Å². The minimum absolute atomic E-state index is 0.0699. The first-order chi connectivity index (χ1) is 17.3. The van der Waals surface area contributed by atoms with Gasteiger partial charge in [-0.3, -0.25) is 9.59 Å². The zero-order valence-corrected chi connectivity index (χ0v) is 21.2. The highest BCUT2D eigenvalue weighted by Crippen LogP contribution is 2.42. The van der Waals surface area contributed by atoms with Crippen molar-refractivity contribution in [2.75, 3.05) is 14.2 Å². The van der Waals surface area contributed by atoms with Crippen LogP contribution in [0.4, 0.5) is 0 Å². The summed E-state index contributed by atoms with van der Waals surface area (Å²) >= 11 is 0. The summed E-state index contributed by atoms with van der Waals surface area (Å²) in [5.41, 5.74) is 3.95. The summed E-state index contributed by atoms with van der Waals surface area (Å²) in [6.07, 6.45) is 0. The van der Waals surface area contributed by atoms with Gasteiger partial charge in [-0.25, -0.2) is 0 Å². The predicted octanol–water partition coefficient (Wildman–Crippen LogP) is 5.76. The van der Waals surface area contributed by atoms with Crippen molar-refractivity contribution < 1.29 is 24.2 Å². The molecule has 6 heteroatoms. The second-order valence-electron chi connectivity index (χ2n) is 9.24.